The predicted octanol–water partition coefficient (Wildman–Crippen LogP) is -0.585. The molecule has 0 fully saturated rings. The Labute approximate surface area is 79.6 Å². The minimum atomic E-state index is 0. The lowest BCUT2D eigenvalue weighted by Crippen LogP contribution is -3.00. The lowest BCUT2D eigenvalue weighted by Gasteiger charge is -2.08. The number of rotatable bonds is 6. The van der Waals surface area contributed by atoms with E-state index >= 15 is 0 Å². The molecule has 1 unspecified atom stereocenters. The van der Waals surface area contributed by atoms with E-state index in [4.69, 9.17) is 0 Å². The largest absolute Gasteiger partial charge is 1.00 e. The van der Waals surface area contributed by atoms with E-state index in [1.165, 1.54) is 38.8 Å². The van der Waals surface area contributed by atoms with Crippen molar-refractivity contribution in [2.24, 2.45) is 0 Å². The van der Waals surface area contributed by atoms with Crippen molar-refractivity contribution in [1.82, 2.24) is 4.67 Å². The Morgan fingerprint density at radius 3 is 1.64 bits per heavy atom. The number of hydrogen-bond acceptors (Lipinski definition) is 1. The summed E-state index contributed by atoms with van der Waals surface area (Å²) in [5.41, 5.74) is 0. The Kier molecular flexibility index (Phi) is 13.8. The summed E-state index contributed by atoms with van der Waals surface area (Å²) in [5.74, 6) is 0. The molecule has 1 atom stereocenters. The highest BCUT2D eigenvalue weighted by molar-refractivity contribution is 7.13. The monoisotopic (exact) mass is 197 g/mol. The van der Waals surface area contributed by atoms with Crippen LogP contribution in [0.25, 0.3) is 0 Å². The Bertz CT molecular complexity index is 63.1. The normalized spacial score (nSPS) is 10.1. The third kappa shape index (κ3) is 10.7. The van der Waals surface area contributed by atoms with Gasteiger partial charge in [0.1, 0.15) is 0 Å². The standard InChI is InChI=1S/C8H20NP.ClH/c1-3-5-7-9(10)8-6-4-2;/h3-8,10H2,1-2H3;1H. The van der Waals surface area contributed by atoms with Crippen LogP contribution in [0.15, 0.2) is 0 Å². The van der Waals surface area contributed by atoms with Gasteiger partial charge in [0.15, 0.2) is 0 Å². The average molecular weight is 198 g/mol. The Morgan fingerprint density at radius 1 is 1.00 bits per heavy atom. The van der Waals surface area contributed by atoms with Gasteiger partial charge in [0.25, 0.3) is 0 Å². The molecule has 0 rings (SSSR count). The van der Waals surface area contributed by atoms with Crippen LogP contribution in [0.4, 0.5) is 0 Å². The van der Waals surface area contributed by atoms with E-state index in [0.29, 0.717) is 0 Å². The summed E-state index contributed by atoms with van der Waals surface area (Å²) in [6, 6.07) is 0. The number of unbranched alkanes of at least 4 members (excludes halogenated alkanes) is 2. The van der Waals surface area contributed by atoms with Gasteiger partial charge in [0.2, 0.25) is 0 Å². The molecular formula is C8H21ClNP. The molecule has 0 aliphatic carbocycles. The molecule has 0 saturated heterocycles. The first-order valence-electron chi connectivity index (χ1n) is 4.36. The summed E-state index contributed by atoms with van der Waals surface area (Å²) in [6.45, 7) is 7.07. The lowest BCUT2D eigenvalue weighted by atomic mass is 10.3. The molecule has 11 heavy (non-hydrogen) atoms. The van der Waals surface area contributed by atoms with Gasteiger partial charge in [0.05, 0.1) is 0 Å². The van der Waals surface area contributed by atoms with Crippen molar-refractivity contribution in [3.8, 4) is 0 Å². The maximum atomic E-state index is 2.45. The van der Waals surface area contributed by atoms with Crippen LogP contribution in [-0.4, -0.2) is 17.8 Å². The van der Waals surface area contributed by atoms with Gasteiger partial charge >= 0.3 is 0 Å². The fourth-order valence-corrected chi connectivity index (χ4v) is 1.32. The summed E-state index contributed by atoms with van der Waals surface area (Å²) in [7, 11) is 2.02. The van der Waals surface area contributed by atoms with E-state index in [2.05, 4.69) is 18.5 Å². The smallest absolute Gasteiger partial charge is 0.0431 e. The molecule has 0 spiro atoms. The van der Waals surface area contributed by atoms with Crippen LogP contribution < -0.4 is 12.4 Å². The van der Waals surface area contributed by atoms with Gasteiger partial charge < -0.3 is 12.4 Å². The lowest BCUT2D eigenvalue weighted by molar-refractivity contribution is -0.00000226. The first-order chi connectivity index (χ1) is 4.81. The van der Waals surface area contributed by atoms with Gasteiger partial charge in [-0.3, -0.25) is 0 Å². The molecular weight excluding hydrogens is 177 g/mol. The molecule has 0 saturated carbocycles. The summed E-state index contributed by atoms with van der Waals surface area (Å²) >= 11 is 0. The molecule has 0 heterocycles. The minimum absolute atomic E-state index is 0. The molecule has 1 nitrogen and oxygen atoms in total. The molecule has 0 radical (unpaired) electrons. The Hall–Kier alpha value is 0.680. The van der Waals surface area contributed by atoms with Gasteiger partial charge in [-0.15, -0.1) is 0 Å². The Balaban J connectivity index is 0. The first-order valence-corrected chi connectivity index (χ1v) is 5.00. The maximum Gasteiger partial charge on any atom is 0.0431 e. The zero-order chi connectivity index (χ0) is 7.82. The van der Waals surface area contributed by atoms with E-state index in [0.717, 1.165) is 0 Å². The summed E-state index contributed by atoms with van der Waals surface area (Å²) in [4.78, 5) is 0. The maximum absolute atomic E-state index is 2.45. The number of nitrogens with zero attached hydrogens (tertiary/aromatic N) is 1. The average Bonchev–Trinajstić information content (AvgIpc) is 1.97. The molecule has 0 amide bonds. The molecule has 0 aliphatic rings. The second kappa shape index (κ2) is 10.7. The minimum Gasteiger partial charge on any atom is -1.00 e. The molecule has 0 aromatic carbocycles. The fourth-order valence-electron chi connectivity index (χ4n) is 0.875. The van der Waals surface area contributed by atoms with E-state index in [9.17, 15) is 0 Å². The highest BCUT2D eigenvalue weighted by Gasteiger charge is 1.98. The van der Waals surface area contributed by atoms with Crippen molar-refractivity contribution < 1.29 is 12.4 Å². The second-order valence-corrected chi connectivity index (χ2v) is 3.72. The highest BCUT2D eigenvalue weighted by Crippen LogP contribution is 2.03. The van der Waals surface area contributed by atoms with Crippen LogP contribution in [0.3, 0.4) is 0 Å². The van der Waals surface area contributed by atoms with Crippen molar-refractivity contribution in [3.63, 3.8) is 0 Å². The van der Waals surface area contributed by atoms with Crippen LogP contribution >= 0.6 is 9.39 Å². The topological polar surface area (TPSA) is 3.24 Å². The van der Waals surface area contributed by atoms with Crippen molar-refractivity contribution in [1.29, 1.82) is 0 Å². The SMILES string of the molecule is CCCCN([PH3+])CCCC.[Cl-]. The van der Waals surface area contributed by atoms with Gasteiger partial charge in [0, 0.05) is 22.5 Å². The summed E-state index contributed by atoms with van der Waals surface area (Å²) in [6.07, 6.45) is 5.35. The molecule has 3 heteroatoms. The molecule has 70 valence electrons. The van der Waals surface area contributed by atoms with Crippen molar-refractivity contribution in [3.05, 3.63) is 0 Å². The van der Waals surface area contributed by atoms with E-state index in [1.54, 1.807) is 0 Å². The second-order valence-electron chi connectivity index (χ2n) is 2.83. The predicted molar refractivity (Wildman–Crippen MR) is 52.5 cm³/mol. The summed E-state index contributed by atoms with van der Waals surface area (Å²) in [5, 5.41) is 0. The molecule has 0 bridgehead atoms. The summed E-state index contributed by atoms with van der Waals surface area (Å²) < 4.78 is 2.45. The van der Waals surface area contributed by atoms with Crippen molar-refractivity contribution in [2.45, 2.75) is 39.5 Å². The van der Waals surface area contributed by atoms with E-state index in [-0.39, 0.29) is 12.4 Å². The van der Waals surface area contributed by atoms with E-state index in [1.807, 2.05) is 9.39 Å². The molecule has 0 aromatic rings. The molecule has 0 aromatic heterocycles. The molecule has 0 aliphatic heterocycles. The van der Waals surface area contributed by atoms with Crippen LogP contribution in [0.5, 0.6) is 0 Å². The van der Waals surface area contributed by atoms with Crippen LogP contribution in [-0.2, 0) is 0 Å². The van der Waals surface area contributed by atoms with Crippen molar-refractivity contribution in [2.75, 3.05) is 13.1 Å². The zero-order valence-electron chi connectivity index (χ0n) is 7.77. The van der Waals surface area contributed by atoms with Gasteiger partial charge in [-0.25, -0.2) is 0 Å². The van der Waals surface area contributed by atoms with Gasteiger partial charge in [-0.05, 0) is 12.8 Å². The fraction of sp³-hybridized carbons (Fsp3) is 1.00. The number of hydrogen-bond donors (Lipinski definition) is 0. The van der Waals surface area contributed by atoms with Gasteiger partial charge in [-0.1, -0.05) is 26.7 Å². The Morgan fingerprint density at radius 2 is 1.36 bits per heavy atom. The van der Waals surface area contributed by atoms with Crippen molar-refractivity contribution >= 4 is 9.39 Å². The highest BCUT2D eigenvalue weighted by atomic mass is 35.5. The van der Waals surface area contributed by atoms with Crippen LogP contribution in [0.1, 0.15) is 39.5 Å². The van der Waals surface area contributed by atoms with Crippen LogP contribution in [0.2, 0.25) is 0 Å². The third-order valence-corrected chi connectivity index (χ3v) is 2.29. The third-order valence-electron chi connectivity index (χ3n) is 1.66. The van der Waals surface area contributed by atoms with Gasteiger partial charge in [-0.2, -0.15) is 4.67 Å². The number of halogens is 1. The quantitative estimate of drug-likeness (QED) is 0.515. The zero-order valence-corrected chi connectivity index (χ0v) is 9.95. The van der Waals surface area contributed by atoms with Crippen LogP contribution in [0, 0.1) is 0 Å². The first kappa shape index (κ1) is 14.2. The van der Waals surface area contributed by atoms with E-state index < -0.39 is 0 Å². The molecule has 0 N–H and O–H groups in total.